The van der Waals surface area contributed by atoms with Gasteiger partial charge < -0.3 is 47.1 Å². The van der Waals surface area contributed by atoms with Crippen LogP contribution in [0.15, 0.2) is 54.7 Å². The Morgan fingerprint density at radius 3 is 2.07 bits per heavy atom. The van der Waals surface area contributed by atoms with Crippen molar-refractivity contribution in [2.24, 2.45) is 5.73 Å². The minimum absolute atomic E-state index is 0.0317. The standard InChI is InChI=1S/C28H33N5O9/c29-19(9-10-24(36)37)25(38)33-23(14-34)27(40)31-21(11-15-5-7-17(35)8-6-15)26(39)32-22(28(41)42)12-16-13-30-20-4-2-1-3-18(16)20/h1-8,13,19,21-23,30,34-35H,9-12,14,29H2,(H,31,40)(H,32,39)(H,33,38)(H,36,37)(H,41,42). The lowest BCUT2D eigenvalue weighted by Crippen LogP contribution is -2.58. The molecule has 3 aromatic rings. The normalized spacial score (nSPS) is 13.9. The summed E-state index contributed by atoms with van der Waals surface area (Å²) in [5.74, 6) is -5.18. The molecule has 0 aliphatic carbocycles. The van der Waals surface area contributed by atoms with E-state index in [-0.39, 0.29) is 31.4 Å². The Hall–Kier alpha value is -4.95. The molecule has 0 fully saturated rings. The lowest BCUT2D eigenvalue weighted by Gasteiger charge is -2.24. The molecule has 0 bridgehead atoms. The van der Waals surface area contributed by atoms with Gasteiger partial charge in [-0.3, -0.25) is 19.2 Å². The molecule has 4 atom stereocenters. The molecule has 0 saturated carbocycles. The Morgan fingerprint density at radius 1 is 0.810 bits per heavy atom. The van der Waals surface area contributed by atoms with E-state index in [0.717, 1.165) is 10.9 Å². The topological polar surface area (TPSA) is 244 Å². The lowest BCUT2D eigenvalue weighted by molar-refractivity contribution is -0.142. The summed E-state index contributed by atoms with van der Waals surface area (Å²) in [6.07, 6.45) is 0.872. The number of rotatable bonds is 15. The van der Waals surface area contributed by atoms with E-state index in [0.29, 0.717) is 11.1 Å². The van der Waals surface area contributed by atoms with Gasteiger partial charge in [0.05, 0.1) is 12.6 Å². The largest absolute Gasteiger partial charge is 0.508 e. The monoisotopic (exact) mass is 583 g/mol. The molecular weight excluding hydrogens is 550 g/mol. The molecule has 224 valence electrons. The summed E-state index contributed by atoms with van der Waals surface area (Å²) in [4.78, 5) is 64.6. The van der Waals surface area contributed by atoms with Gasteiger partial charge in [0.15, 0.2) is 0 Å². The summed E-state index contributed by atoms with van der Waals surface area (Å²) < 4.78 is 0. The molecule has 14 heteroatoms. The number of fused-ring (bicyclic) bond motifs is 1. The number of H-pyrrole nitrogens is 1. The highest BCUT2D eigenvalue weighted by Crippen LogP contribution is 2.19. The number of aliphatic carboxylic acids is 2. The predicted octanol–water partition coefficient (Wildman–Crippen LogP) is -0.618. The molecule has 2 aromatic carbocycles. The number of carbonyl (C=O) groups is 5. The van der Waals surface area contributed by atoms with Crippen LogP contribution >= 0.6 is 0 Å². The van der Waals surface area contributed by atoms with Gasteiger partial charge in [0.25, 0.3) is 0 Å². The number of aromatic amines is 1. The fourth-order valence-corrected chi connectivity index (χ4v) is 4.23. The van der Waals surface area contributed by atoms with E-state index >= 15 is 0 Å². The molecule has 1 heterocycles. The van der Waals surface area contributed by atoms with Crippen LogP contribution in [-0.4, -0.2) is 85.8 Å². The third-order valence-electron chi connectivity index (χ3n) is 6.54. The van der Waals surface area contributed by atoms with Gasteiger partial charge in [-0.2, -0.15) is 0 Å². The Balaban J connectivity index is 1.77. The summed E-state index contributed by atoms with van der Waals surface area (Å²) in [7, 11) is 0. The van der Waals surface area contributed by atoms with Crippen LogP contribution in [0.2, 0.25) is 0 Å². The number of nitrogens with two attached hydrogens (primary N) is 1. The first-order valence-corrected chi connectivity index (χ1v) is 13.0. The number of benzene rings is 2. The van der Waals surface area contributed by atoms with Gasteiger partial charge >= 0.3 is 11.9 Å². The number of para-hydroxylation sites is 1. The maximum absolute atomic E-state index is 13.4. The zero-order chi connectivity index (χ0) is 30.8. The van der Waals surface area contributed by atoms with Crippen molar-refractivity contribution in [2.75, 3.05) is 6.61 Å². The first kappa shape index (κ1) is 31.6. The summed E-state index contributed by atoms with van der Waals surface area (Å²) in [5, 5.41) is 45.9. The van der Waals surface area contributed by atoms with Crippen LogP contribution in [0.5, 0.6) is 5.75 Å². The van der Waals surface area contributed by atoms with E-state index in [1.54, 1.807) is 12.3 Å². The number of carbonyl (C=O) groups excluding carboxylic acids is 3. The zero-order valence-electron chi connectivity index (χ0n) is 22.4. The van der Waals surface area contributed by atoms with Gasteiger partial charge in [-0.15, -0.1) is 0 Å². The number of aliphatic hydroxyl groups is 1. The summed E-state index contributed by atoms with van der Waals surface area (Å²) in [6.45, 7) is -0.866. The number of amides is 3. The van der Waals surface area contributed by atoms with Crippen LogP contribution in [0, 0.1) is 0 Å². The fraction of sp³-hybridized carbons (Fsp3) is 0.321. The van der Waals surface area contributed by atoms with Crippen molar-refractivity contribution in [1.29, 1.82) is 0 Å². The number of aromatic nitrogens is 1. The van der Waals surface area contributed by atoms with Crippen molar-refractivity contribution in [3.63, 3.8) is 0 Å². The maximum Gasteiger partial charge on any atom is 0.326 e. The summed E-state index contributed by atoms with van der Waals surface area (Å²) in [5.41, 5.74) is 7.63. The molecule has 0 saturated heterocycles. The second-order valence-electron chi connectivity index (χ2n) is 9.68. The van der Waals surface area contributed by atoms with E-state index in [1.165, 1.54) is 24.3 Å². The Labute approximate surface area is 239 Å². The molecule has 0 aliphatic rings. The van der Waals surface area contributed by atoms with E-state index in [1.807, 2.05) is 18.2 Å². The average molecular weight is 584 g/mol. The molecule has 0 radical (unpaired) electrons. The van der Waals surface area contributed by atoms with Crippen molar-refractivity contribution < 1.29 is 44.4 Å². The SMILES string of the molecule is NC(CCC(=O)O)C(=O)NC(CO)C(=O)NC(Cc1ccc(O)cc1)C(=O)NC(Cc1c[nH]c2ccccc12)C(=O)O. The van der Waals surface area contributed by atoms with E-state index in [4.69, 9.17) is 10.8 Å². The third-order valence-corrected chi connectivity index (χ3v) is 6.54. The molecule has 0 spiro atoms. The van der Waals surface area contributed by atoms with E-state index < -0.39 is 60.4 Å². The van der Waals surface area contributed by atoms with Gasteiger partial charge in [-0.25, -0.2) is 4.79 Å². The smallest absolute Gasteiger partial charge is 0.326 e. The molecular formula is C28H33N5O9. The third kappa shape index (κ3) is 8.78. The average Bonchev–Trinajstić information content (AvgIpc) is 3.37. The lowest BCUT2D eigenvalue weighted by atomic mass is 10.0. The second-order valence-corrected chi connectivity index (χ2v) is 9.68. The van der Waals surface area contributed by atoms with Crippen molar-refractivity contribution in [2.45, 2.75) is 49.9 Å². The highest BCUT2D eigenvalue weighted by Gasteiger charge is 2.31. The molecule has 14 nitrogen and oxygen atoms in total. The Kier molecular flexibility index (Phi) is 11.0. The number of hydrogen-bond acceptors (Lipinski definition) is 8. The molecule has 3 amide bonds. The van der Waals surface area contributed by atoms with Gasteiger partial charge in [0.1, 0.15) is 23.9 Å². The van der Waals surface area contributed by atoms with Gasteiger partial charge in [0.2, 0.25) is 17.7 Å². The number of carboxylic acid groups (broad SMARTS) is 2. The summed E-state index contributed by atoms with van der Waals surface area (Å²) in [6, 6.07) is 7.51. The summed E-state index contributed by atoms with van der Waals surface area (Å²) >= 11 is 0. The van der Waals surface area contributed by atoms with Crippen molar-refractivity contribution in [3.8, 4) is 5.75 Å². The minimum atomic E-state index is -1.54. The minimum Gasteiger partial charge on any atom is -0.508 e. The number of phenolic OH excluding ortho intramolecular Hbond substituents is 1. The zero-order valence-corrected chi connectivity index (χ0v) is 22.4. The number of aromatic hydroxyl groups is 1. The quantitative estimate of drug-likeness (QED) is 0.110. The van der Waals surface area contributed by atoms with Gasteiger partial charge in [0, 0.05) is 36.4 Å². The Bertz CT molecular complexity index is 1420. The second kappa shape index (κ2) is 14.6. The maximum atomic E-state index is 13.4. The van der Waals surface area contributed by atoms with E-state index in [2.05, 4.69) is 20.9 Å². The first-order chi connectivity index (χ1) is 20.0. The predicted molar refractivity (Wildman–Crippen MR) is 149 cm³/mol. The molecule has 0 aliphatic heterocycles. The van der Waals surface area contributed by atoms with Crippen molar-refractivity contribution in [3.05, 3.63) is 65.9 Å². The Morgan fingerprint density at radius 2 is 1.43 bits per heavy atom. The molecule has 4 unspecified atom stereocenters. The molecule has 1 aromatic heterocycles. The van der Waals surface area contributed by atoms with Crippen LogP contribution in [0.3, 0.4) is 0 Å². The first-order valence-electron chi connectivity index (χ1n) is 13.0. The van der Waals surface area contributed by atoms with E-state index in [9.17, 15) is 39.3 Å². The fourth-order valence-electron chi connectivity index (χ4n) is 4.23. The highest BCUT2D eigenvalue weighted by atomic mass is 16.4. The van der Waals surface area contributed by atoms with Crippen LogP contribution < -0.4 is 21.7 Å². The number of hydrogen-bond donors (Lipinski definition) is 9. The van der Waals surface area contributed by atoms with Crippen LogP contribution in [0.1, 0.15) is 24.0 Å². The number of aliphatic hydroxyl groups excluding tert-OH is 1. The molecule has 42 heavy (non-hydrogen) atoms. The van der Waals surface area contributed by atoms with Crippen molar-refractivity contribution >= 4 is 40.6 Å². The van der Waals surface area contributed by atoms with Crippen molar-refractivity contribution in [1.82, 2.24) is 20.9 Å². The number of carboxylic acids is 2. The van der Waals surface area contributed by atoms with Crippen LogP contribution in [0.25, 0.3) is 10.9 Å². The van der Waals surface area contributed by atoms with Gasteiger partial charge in [-0.1, -0.05) is 30.3 Å². The highest BCUT2D eigenvalue weighted by molar-refractivity contribution is 5.94. The van der Waals surface area contributed by atoms with Gasteiger partial charge in [-0.05, 0) is 35.7 Å². The molecule has 10 N–H and O–H groups in total. The molecule has 3 rings (SSSR count). The number of phenols is 1. The van der Waals surface area contributed by atoms with Crippen LogP contribution in [0.4, 0.5) is 0 Å². The van der Waals surface area contributed by atoms with Crippen LogP contribution in [-0.2, 0) is 36.8 Å². The number of nitrogens with one attached hydrogen (secondary N) is 4.